The summed E-state index contributed by atoms with van der Waals surface area (Å²) >= 11 is 3.35. The number of methoxy groups -OCH3 is 2. The molecule has 0 saturated carbocycles. The third-order valence-electron chi connectivity index (χ3n) is 2.11. The molecule has 0 aromatic carbocycles. The second-order valence-electron chi connectivity index (χ2n) is 3.22. The van der Waals surface area contributed by atoms with Gasteiger partial charge in [-0.05, 0) is 15.9 Å². The molecule has 0 fully saturated rings. The fourth-order valence-electron chi connectivity index (χ4n) is 1.20. The number of hydrogen-bond acceptors (Lipinski definition) is 7. The molecule has 17 heavy (non-hydrogen) atoms. The molecule has 0 aliphatic carbocycles. The Bertz CT molecular complexity index is 352. The second kappa shape index (κ2) is 7.38. The molecule has 0 radical (unpaired) electrons. The van der Waals surface area contributed by atoms with Crippen molar-refractivity contribution in [3.63, 3.8) is 0 Å². The summed E-state index contributed by atoms with van der Waals surface area (Å²) in [5.41, 5.74) is 2.47. The van der Waals surface area contributed by atoms with Crippen molar-refractivity contribution in [2.45, 2.75) is 6.10 Å². The van der Waals surface area contributed by atoms with E-state index in [1.54, 1.807) is 14.2 Å². The summed E-state index contributed by atoms with van der Waals surface area (Å²) in [6.07, 6.45) is 1.37. The normalized spacial score (nSPS) is 12.2. The van der Waals surface area contributed by atoms with Crippen LogP contribution in [0.2, 0.25) is 0 Å². The summed E-state index contributed by atoms with van der Waals surface area (Å²) in [7, 11) is 3.26. The van der Waals surface area contributed by atoms with Crippen molar-refractivity contribution >= 4 is 27.6 Å². The Kier molecular flexibility index (Phi) is 6.12. The molecule has 96 valence electrons. The summed E-state index contributed by atoms with van der Waals surface area (Å²) < 4.78 is 10.9. The molecule has 8 heteroatoms. The minimum atomic E-state index is -0.0452. The lowest BCUT2D eigenvalue weighted by Crippen LogP contribution is -2.27. The van der Waals surface area contributed by atoms with Gasteiger partial charge in [0.25, 0.3) is 0 Å². The number of rotatable bonds is 7. The Labute approximate surface area is 108 Å². The first kappa shape index (κ1) is 14.1. The molecule has 0 bridgehead atoms. The van der Waals surface area contributed by atoms with Crippen LogP contribution in [0.1, 0.15) is 0 Å². The third-order valence-corrected chi connectivity index (χ3v) is 2.86. The van der Waals surface area contributed by atoms with Gasteiger partial charge in [-0.25, -0.2) is 15.8 Å². The summed E-state index contributed by atoms with van der Waals surface area (Å²) in [5.74, 6) is 6.47. The molecular formula is C9H16BrN5O2. The van der Waals surface area contributed by atoms with Crippen LogP contribution in [0.25, 0.3) is 0 Å². The van der Waals surface area contributed by atoms with Crippen molar-refractivity contribution in [3.8, 4) is 0 Å². The topological polar surface area (TPSA) is 94.3 Å². The van der Waals surface area contributed by atoms with Gasteiger partial charge in [-0.15, -0.1) is 0 Å². The van der Waals surface area contributed by atoms with Crippen LogP contribution in [0, 0.1) is 0 Å². The molecule has 1 unspecified atom stereocenters. The Balaban J connectivity index is 2.62. The molecule has 1 heterocycles. The van der Waals surface area contributed by atoms with Crippen LogP contribution in [0.3, 0.4) is 0 Å². The standard InChI is InChI=1S/C9H16BrN5O2/c1-16-4-6(17-2)3-12-8-7(10)9(15-11)14-5-13-8/h5-6H,3-4,11H2,1-2H3,(H2,12,13,14,15). The number of nitrogens with one attached hydrogen (secondary N) is 2. The minimum absolute atomic E-state index is 0.0452. The molecule has 1 rings (SSSR count). The van der Waals surface area contributed by atoms with E-state index in [-0.39, 0.29) is 6.10 Å². The van der Waals surface area contributed by atoms with Crippen LogP contribution >= 0.6 is 15.9 Å². The predicted molar refractivity (Wildman–Crippen MR) is 68.7 cm³/mol. The maximum Gasteiger partial charge on any atom is 0.159 e. The minimum Gasteiger partial charge on any atom is -0.382 e. The first-order valence-corrected chi connectivity index (χ1v) is 5.75. The van der Waals surface area contributed by atoms with Crippen LogP contribution in [0.5, 0.6) is 0 Å². The molecule has 0 aliphatic heterocycles. The summed E-state index contributed by atoms with van der Waals surface area (Å²) in [6.45, 7) is 1.08. The average Bonchev–Trinajstić information content (AvgIpc) is 2.36. The van der Waals surface area contributed by atoms with Crippen molar-refractivity contribution in [1.82, 2.24) is 9.97 Å². The van der Waals surface area contributed by atoms with Gasteiger partial charge in [0.15, 0.2) is 5.82 Å². The fraction of sp³-hybridized carbons (Fsp3) is 0.556. The molecule has 1 aromatic heterocycles. The number of nitrogens with two attached hydrogens (primary N) is 1. The highest BCUT2D eigenvalue weighted by atomic mass is 79.9. The lowest BCUT2D eigenvalue weighted by atomic mass is 10.3. The number of nitrogen functional groups attached to an aromatic ring is 1. The van der Waals surface area contributed by atoms with Gasteiger partial charge in [0.05, 0.1) is 12.7 Å². The van der Waals surface area contributed by atoms with E-state index in [0.717, 1.165) is 0 Å². The Hall–Kier alpha value is -0.960. The van der Waals surface area contributed by atoms with Gasteiger partial charge in [-0.2, -0.15) is 0 Å². The molecule has 0 amide bonds. The van der Waals surface area contributed by atoms with Crippen LogP contribution in [-0.2, 0) is 9.47 Å². The average molecular weight is 306 g/mol. The molecule has 0 saturated heterocycles. The number of ether oxygens (including phenoxy) is 2. The zero-order valence-electron chi connectivity index (χ0n) is 9.74. The summed E-state index contributed by atoms with van der Waals surface area (Å²) in [5, 5.41) is 3.12. The molecule has 7 nitrogen and oxygen atoms in total. The van der Waals surface area contributed by atoms with Crippen LogP contribution in [0.15, 0.2) is 10.8 Å². The van der Waals surface area contributed by atoms with Gasteiger partial charge in [-0.3, -0.25) is 0 Å². The first-order valence-electron chi connectivity index (χ1n) is 4.95. The van der Waals surface area contributed by atoms with E-state index in [9.17, 15) is 0 Å². The number of hydrazine groups is 1. The number of anilines is 2. The zero-order valence-corrected chi connectivity index (χ0v) is 11.3. The van der Waals surface area contributed by atoms with E-state index < -0.39 is 0 Å². The third kappa shape index (κ3) is 4.08. The zero-order chi connectivity index (χ0) is 12.7. The van der Waals surface area contributed by atoms with Gasteiger partial charge in [0.2, 0.25) is 0 Å². The molecule has 1 atom stereocenters. The van der Waals surface area contributed by atoms with E-state index in [1.807, 2.05) is 0 Å². The highest BCUT2D eigenvalue weighted by molar-refractivity contribution is 9.10. The highest BCUT2D eigenvalue weighted by Crippen LogP contribution is 2.25. The van der Waals surface area contributed by atoms with Crippen molar-refractivity contribution in [1.29, 1.82) is 0 Å². The lowest BCUT2D eigenvalue weighted by Gasteiger charge is -2.16. The van der Waals surface area contributed by atoms with Gasteiger partial charge in [0.1, 0.15) is 16.6 Å². The maximum atomic E-state index is 5.31. The number of nitrogens with zero attached hydrogens (tertiary/aromatic N) is 2. The molecule has 4 N–H and O–H groups in total. The summed E-state index contributed by atoms with van der Waals surface area (Å²) in [4.78, 5) is 8.04. The first-order chi connectivity index (χ1) is 8.22. The largest absolute Gasteiger partial charge is 0.382 e. The maximum absolute atomic E-state index is 5.31. The Morgan fingerprint density at radius 3 is 2.71 bits per heavy atom. The second-order valence-corrected chi connectivity index (χ2v) is 4.02. The SMILES string of the molecule is COCC(CNc1ncnc(NN)c1Br)OC. The van der Waals surface area contributed by atoms with Crippen LogP contribution in [-0.4, -0.2) is 43.4 Å². The highest BCUT2D eigenvalue weighted by Gasteiger charge is 2.10. The van der Waals surface area contributed by atoms with E-state index in [1.165, 1.54) is 6.33 Å². The molecule has 0 spiro atoms. The van der Waals surface area contributed by atoms with Crippen molar-refractivity contribution in [2.75, 3.05) is 38.1 Å². The van der Waals surface area contributed by atoms with Gasteiger partial charge < -0.3 is 20.2 Å². The van der Waals surface area contributed by atoms with E-state index in [4.69, 9.17) is 15.3 Å². The number of halogens is 1. The fourth-order valence-corrected chi connectivity index (χ4v) is 1.66. The van der Waals surface area contributed by atoms with Crippen molar-refractivity contribution in [3.05, 3.63) is 10.8 Å². The van der Waals surface area contributed by atoms with Crippen molar-refractivity contribution < 1.29 is 9.47 Å². The van der Waals surface area contributed by atoms with E-state index in [2.05, 4.69) is 36.6 Å². The predicted octanol–water partition coefficient (Wildman–Crippen LogP) is 0.598. The van der Waals surface area contributed by atoms with Crippen LogP contribution < -0.4 is 16.6 Å². The Morgan fingerprint density at radius 2 is 2.12 bits per heavy atom. The van der Waals surface area contributed by atoms with E-state index >= 15 is 0 Å². The lowest BCUT2D eigenvalue weighted by molar-refractivity contribution is 0.0365. The Morgan fingerprint density at radius 1 is 1.41 bits per heavy atom. The quantitative estimate of drug-likeness (QED) is 0.501. The number of hydrogen-bond donors (Lipinski definition) is 3. The smallest absolute Gasteiger partial charge is 0.159 e. The van der Waals surface area contributed by atoms with E-state index in [0.29, 0.717) is 29.3 Å². The van der Waals surface area contributed by atoms with Gasteiger partial charge >= 0.3 is 0 Å². The van der Waals surface area contributed by atoms with Crippen molar-refractivity contribution in [2.24, 2.45) is 5.84 Å². The molecule has 0 aliphatic rings. The molecule has 1 aromatic rings. The number of aromatic nitrogens is 2. The summed E-state index contributed by atoms with van der Waals surface area (Å²) in [6, 6.07) is 0. The van der Waals surface area contributed by atoms with Gasteiger partial charge in [-0.1, -0.05) is 0 Å². The van der Waals surface area contributed by atoms with Gasteiger partial charge in [0, 0.05) is 20.8 Å². The van der Waals surface area contributed by atoms with Crippen LogP contribution in [0.4, 0.5) is 11.6 Å². The molecular weight excluding hydrogens is 290 g/mol. The monoisotopic (exact) mass is 305 g/mol.